The van der Waals surface area contributed by atoms with Crippen LogP contribution in [0, 0.1) is 10.8 Å². The van der Waals surface area contributed by atoms with Gasteiger partial charge in [-0.3, -0.25) is 0 Å². The van der Waals surface area contributed by atoms with Gasteiger partial charge in [-0.05, 0) is 22.4 Å². The summed E-state index contributed by atoms with van der Waals surface area (Å²) in [4.78, 5) is 3.87. The summed E-state index contributed by atoms with van der Waals surface area (Å²) in [5.41, 5.74) is 5.07. The lowest BCUT2D eigenvalue weighted by Gasteiger charge is -2.35. The third-order valence-electron chi connectivity index (χ3n) is 5.05. The van der Waals surface area contributed by atoms with Crippen molar-refractivity contribution in [2.45, 2.75) is 46.5 Å². The third kappa shape index (κ3) is 2.52. The monoisotopic (exact) mass is 284 g/mol. The number of nitrogens with two attached hydrogens (primary N) is 1. The maximum atomic E-state index is 13.2. The predicted octanol–water partition coefficient (Wildman–Crippen LogP) is 3.45. The molecule has 2 heterocycles. The molecule has 0 spiro atoms. The van der Waals surface area contributed by atoms with Gasteiger partial charge in [0.15, 0.2) is 6.71 Å². The molecule has 110 valence electrons. The van der Waals surface area contributed by atoms with Crippen LogP contribution in [0.15, 0.2) is 12.3 Å². The number of rotatable bonds is 1. The number of hydrogen-bond donors (Lipinski definition) is 1. The average molecular weight is 284 g/mol. The van der Waals surface area contributed by atoms with Crippen molar-refractivity contribution < 1.29 is 13.2 Å². The van der Waals surface area contributed by atoms with E-state index in [0.717, 1.165) is 18.7 Å². The number of halogens is 3. The number of alkyl halides is 3. The highest BCUT2D eigenvalue weighted by molar-refractivity contribution is 6.74. The summed E-state index contributed by atoms with van der Waals surface area (Å²) in [6.07, 6.45) is -1.62. The van der Waals surface area contributed by atoms with Gasteiger partial charge < -0.3 is 5.73 Å². The van der Waals surface area contributed by atoms with Gasteiger partial charge in [-0.2, -0.15) is 13.2 Å². The molecule has 20 heavy (non-hydrogen) atoms. The zero-order valence-electron chi connectivity index (χ0n) is 12.3. The van der Waals surface area contributed by atoms with Gasteiger partial charge in [0.1, 0.15) is 5.82 Å². The molecule has 1 fully saturated rings. The summed E-state index contributed by atoms with van der Waals surface area (Å²) >= 11 is 0. The Morgan fingerprint density at radius 3 is 2.10 bits per heavy atom. The lowest BCUT2D eigenvalue weighted by molar-refractivity contribution is -0.136. The van der Waals surface area contributed by atoms with Crippen LogP contribution >= 0.6 is 0 Å². The maximum absolute atomic E-state index is 13.2. The van der Waals surface area contributed by atoms with Gasteiger partial charge in [0.25, 0.3) is 0 Å². The van der Waals surface area contributed by atoms with Crippen LogP contribution in [0.4, 0.5) is 19.0 Å². The zero-order valence-corrected chi connectivity index (χ0v) is 12.3. The first kappa shape index (κ1) is 15.2. The molecule has 0 aromatic carbocycles. The fourth-order valence-corrected chi connectivity index (χ4v) is 3.13. The van der Waals surface area contributed by atoms with Crippen molar-refractivity contribution in [3.05, 3.63) is 17.8 Å². The second kappa shape index (κ2) is 4.40. The largest absolute Gasteiger partial charge is 0.416 e. The summed E-state index contributed by atoms with van der Waals surface area (Å²) in [6.45, 7) is 8.34. The topological polar surface area (TPSA) is 38.9 Å². The van der Waals surface area contributed by atoms with E-state index in [0.29, 0.717) is 0 Å². The first-order valence-corrected chi connectivity index (χ1v) is 6.77. The highest BCUT2D eigenvalue weighted by Crippen LogP contribution is 2.53. The Morgan fingerprint density at radius 2 is 1.65 bits per heavy atom. The molecule has 0 bridgehead atoms. The summed E-state index contributed by atoms with van der Waals surface area (Å²) < 4.78 is 39.6. The van der Waals surface area contributed by atoms with Crippen LogP contribution in [0.3, 0.4) is 0 Å². The van der Waals surface area contributed by atoms with E-state index < -0.39 is 11.7 Å². The SMILES string of the molecule is CC1(C)CB(c2cnc(N)cc2C(F)(F)F)CC1(C)C. The summed E-state index contributed by atoms with van der Waals surface area (Å²) in [6, 6.07) is 0.952. The normalized spacial score (nSPS) is 21.2. The first-order valence-electron chi connectivity index (χ1n) is 6.77. The van der Waals surface area contributed by atoms with Crippen LogP contribution in [0.25, 0.3) is 0 Å². The van der Waals surface area contributed by atoms with Crippen LogP contribution in [0.1, 0.15) is 33.3 Å². The number of aromatic nitrogens is 1. The van der Waals surface area contributed by atoms with Crippen LogP contribution in [0.2, 0.25) is 12.6 Å². The Labute approximate surface area is 118 Å². The standard InChI is InChI=1S/C14H20BF3N2/c1-12(2)7-15(8-13(12,3)4)10-6-20-11(19)5-9(10)14(16,17)18/h5-6H,7-8H2,1-4H3,(H2,19,20). The predicted molar refractivity (Wildman–Crippen MR) is 76.2 cm³/mol. The van der Waals surface area contributed by atoms with Gasteiger partial charge >= 0.3 is 6.18 Å². The molecule has 0 atom stereocenters. The lowest BCUT2D eigenvalue weighted by Crippen LogP contribution is -2.35. The van der Waals surface area contributed by atoms with Crippen LogP contribution in [-0.4, -0.2) is 11.7 Å². The van der Waals surface area contributed by atoms with Crippen molar-refractivity contribution in [1.82, 2.24) is 4.98 Å². The van der Waals surface area contributed by atoms with Gasteiger partial charge in [0.05, 0.1) is 5.56 Å². The Balaban J connectivity index is 2.46. The molecule has 0 saturated carbocycles. The van der Waals surface area contributed by atoms with Crippen molar-refractivity contribution in [3.8, 4) is 0 Å². The molecule has 1 aliphatic heterocycles. The molecular formula is C14H20BF3N2. The Bertz CT molecular complexity index is 508. The van der Waals surface area contributed by atoms with E-state index in [1.807, 2.05) is 0 Å². The van der Waals surface area contributed by atoms with E-state index in [-0.39, 0.29) is 28.8 Å². The van der Waals surface area contributed by atoms with E-state index in [1.165, 1.54) is 6.20 Å². The fourth-order valence-electron chi connectivity index (χ4n) is 3.13. The first-order chi connectivity index (χ1) is 8.94. The molecule has 1 aromatic heterocycles. The smallest absolute Gasteiger partial charge is 0.384 e. The van der Waals surface area contributed by atoms with E-state index >= 15 is 0 Å². The fraction of sp³-hybridized carbons (Fsp3) is 0.643. The minimum atomic E-state index is -4.39. The molecule has 1 aromatic rings. The second-order valence-corrected chi connectivity index (χ2v) is 7.07. The Hall–Kier alpha value is -1.20. The molecule has 2 rings (SSSR count). The van der Waals surface area contributed by atoms with Crippen LogP contribution < -0.4 is 11.2 Å². The van der Waals surface area contributed by atoms with Crippen molar-refractivity contribution in [1.29, 1.82) is 0 Å². The van der Waals surface area contributed by atoms with Gasteiger partial charge in [-0.25, -0.2) is 4.98 Å². The zero-order chi connectivity index (χ0) is 15.3. The molecule has 0 radical (unpaired) electrons. The lowest BCUT2D eigenvalue weighted by atomic mass is 9.41. The molecule has 6 heteroatoms. The number of anilines is 1. The quantitative estimate of drug-likeness (QED) is 0.802. The minimum absolute atomic E-state index is 0.00191. The molecule has 0 amide bonds. The molecule has 1 aliphatic rings. The molecule has 0 unspecified atom stereocenters. The minimum Gasteiger partial charge on any atom is -0.384 e. The molecular weight excluding hydrogens is 264 g/mol. The Morgan fingerprint density at radius 1 is 1.15 bits per heavy atom. The van der Waals surface area contributed by atoms with E-state index in [2.05, 4.69) is 32.7 Å². The Kier molecular flexibility index (Phi) is 3.34. The van der Waals surface area contributed by atoms with Crippen molar-refractivity contribution >= 4 is 18.0 Å². The highest BCUT2D eigenvalue weighted by Gasteiger charge is 2.50. The number of hydrogen-bond acceptors (Lipinski definition) is 2. The molecule has 2 nitrogen and oxygen atoms in total. The molecule has 2 N–H and O–H groups in total. The van der Waals surface area contributed by atoms with Crippen molar-refractivity contribution in [3.63, 3.8) is 0 Å². The molecule has 0 aliphatic carbocycles. The summed E-state index contributed by atoms with van der Waals surface area (Å²) in [7, 11) is 0. The van der Waals surface area contributed by atoms with Gasteiger partial charge in [0.2, 0.25) is 0 Å². The second-order valence-electron chi connectivity index (χ2n) is 7.07. The van der Waals surface area contributed by atoms with E-state index in [1.54, 1.807) is 0 Å². The van der Waals surface area contributed by atoms with Gasteiger partial charge in [-0.15, -0.1) is 0 Å². The third-order valence-corrected chi connectivity index (χ3v) is 5.05. The van der Waals surface area contributed by atoms with E-state index in [4.69, 9.17) is 5.73 Å². The van der Waals surface area contributed by atoms with Crippen LogP contribution in [0.5, 0.6) is 0 Å². The molecule has 1 saturated heterocycles. The van der Waals surface area contributed by atoms with E-state index in [9.17, 15) is 13.2 Å². The number of nitrogen functional groups attached to an aromatic ring is 1. The number of nitrogens with zero attached hydrogens (tertiary/aromatic N) is 1. The van der Waals surface area contributed by atoms with Gasteiger partial charge in [0, 0.05) is 6.20 Å². The van der Waals surface area contributed by atoms with Gasteiger partial charge in [-0.1, -0.05) is 40.3 Å². The van der Waals surface area contributed by atoms with Crippen molar-refractivity contribution in [2.24, 2.45) is 10.8 Å². The highest BCUT2D eigenvalue weighted by atomic mass is 19.4. The van der Waals surface area contributed by atoms with Crippen molar-refractivity contribution in [2.75, 3.05) is 5.73 Å². The maximum Gasteiger partial charge on any atom is 0.416 e. The van der Waals surface area contributed by atoms with Crippen LogP contribution in [-0.2, 0) is 6.18 Å². The average Bonchev–Trinajstić information content (AvgIpc) is 2.46. The number of pyridine rings is 1. The summed E-state index contributed by atoms with van der Waals surface area (Å²) in [5.74, 6) is -0.0856. The summed E-state index contributed by atoms with van der Waals surface area (Å²) in [5, 5.41) is 0.